The summed E-state index contributed by atoms with van der Waals surface area (Å²) in [6.07, 6.45) is 0.353. The molecule has 0 unspecified atom stereocenters. The Morgan fingerprint density at radius 3 is 2.56 bits per heavy atom. The van der Waals surface area contributed by atoms with E-state index < -0.39 is 10.0 Å². The molecular formula is C9H18N2O4S. The molecule has 1 aliphatic heterocycles. The van der Waals surface area contributed by atoms with Crippen LogP contribution in [0.3, 0.4) is 0 Å². The van der Waals surface area contributed by atoms with E-state index in [-0.39, 0.29) is 18.3 Å². The molecule has 16 heavy (non-hydrogen) atoms. The minimum atomic E-state index is -3.18. The minimum Gasteiger partial charge on any atom is -0.466 e. The maximum atomic E-state index is 11.8. The van der Waals surface area contributed by atoms with Crippen molar-refractivity contribution in [2.75, 3.05) is 38.5 Å². The summed E-state index contributed by atoms with van der Waals surface area (Å²) in [6.45, 7) is 3.92. The van der Waals surface area contributed by atoms with E-state index in [2.05, 4.69) is 5.32 Å². The first-order chi connectivity index (χ1) is 7.52. The second-order valence-corrected chi connectivity index (χ2v) is 5.75. The molecule has 0 saturated carbocycles. The Kier molecular flexibility index (Phi) is 5.17. The number of hydrogen-bond acceptors (Lipinski definition) is 5. The van der Waals surface area contributed by atoms with Gasteiger partial charge >= 0.3 is 5.97 Å². The standard InChI is InChI=1S/C9H18N2O4S/c1-9(12)15-7-2-8-16(13,14)11-5-3-10-4-6-11/h10H,2-8H2,1H3. The number of hydrogen-bond donors (Lipinski definition) is 1. The van der Waals surface area contributed by atoms with Gasteiger partial charge < -0.3 is 10.1 Å². The molecule has 1 N–H and O–H groups in total. The molecule has 0 bridgehead atoms. The molecule has 0 aromatic rings. The molecular weight excluding hydrogens is 232 g/mol. The molecule has 1 fully saturated rings. The van der Waals surface area contributed by atoms with Crippen molar-refractivity contribution in [3.63, 3.8) is 0 Å². The van der Waals surface area contributed by atoms with Crippen LogP contribution in [0.25, 0.3) is 0 Å². The Morgan fingerprint density at radius 1 is 1.38 bits per heavy atom. The lowest BCUT2D eigenvalue weighted by molar-refractivity contribution is -0.140. The molecule has 7 heteroatoms. The summed E-state index contributed by atoms with van der Waals surface area (Å²) < 4.78 is 29.7. The highest BCUT2D eigenvalue weighted by molar-refractivity contribution is 7.89. The number of ether oxygens (including phenoxy) is 1. The monoisotopic (exact) mass is 250 g/mol. The van der Waals surface area contributed by atoms with Crippen molar-refractivity contribution < 1.29 is 17.9 Å². The fraction of sp³-hybridized carbons (Fsp3) is 0.889. The first-order valence-electron chi connectivity index (χ1n) is 5.34. The number of carbonyl (C=O) groups excluding carboxylic acids is 1. The number of carbonyl (C=O) groups is 1. The second-order valence-electron chi connectivity index (χ2n) is 3.66. The first-order valence-corrected chi connectivity index (χ1v) is 6.95. The van der Waals surface area contributed by atoms with Crippen LogP contribution in [0.1, 0.15) is 13.3 Å². The van der Waals surface area contributed by atoms with Crippen molar-refractivity contribution in [1.82, 2.24) is 9.62 Å². The molecule has 6 nitrogen and oxygen atoms in total. The molecule has 0 aliphatic carbocycles. The molecule has 0 spiro atoms. The first kappa shape index (κ1) is 13.4. The third-order valence-electron chi connectivity index (χ3n) is 2.32. The van der Waals surface area contributed by atoms with E-state index in [1.165, 1.54) is 11.2 Å². The van der Waals surface area contributed by atoms with Crippen molar-refractivity contribution >= 4 is 16.0 Å². The van der Waals surface area contributed by atoms with E-state index in [1.807, 2.05) is 0 Å². The van der Waals surface area contributed by atoms with Crippen LogP contribution in [0.4, 0.5) is 0 Å². The summed E-state index contributed by atoms with van der Waals surface area (Å²) in [6, 6.07) is 0. The Bertz CT molecular complexity index is 322. The lowest BCUT2D eigenvalue weighted by atomic mass is 10.4. The van der Waals surface area contributed by atoms with Gasteiger partial charge in [0.2, 0.25) is 10.0 Å². The zero-order valence-electron chi connectivity index (χ0n) is 9.44. The third-order valence-corrected chi connectivity index (χ3v) is 4.28. The minimum absolute atomic E-state index is 0.0419. The smallest absolute Gasteiger partial charge is 0.302 e. The fourth-order valence-corrected chi connectivity index (χ4v) is 2.99. The fourth-order valence-electron chi connectivity index (χ4n) is 1.51. The number of piperazine rings is 1. The highest BCUT2D eigenvalue weighted by Gasteiger charge is 2.22. The van der Waals surface area contributed by atoms with Crippen molar-refractivity contribution in [2.24, 2.45) is 0 Å². The Labute approximate surface area is 96.0 Å². The average Bonchev–Trinajstić information content (AvgIpc) is 2.26. The SMILES string of the molecule is CC(=O)OCCCS(=O)(=O)N1CCNCC1. The Morgan fingerprint density at radius 2 is 2.00 bits per heavy atom. The molecule has 0 aromatic carbocycles. The number of rotatable bonds is 5. The van der Waals surface area contributed by atoms with Gasteiger partial charge in [0, 0.05) is 33.1 Å². The van der Waals surface area contributed by atoms with E-state index in [1.54, 1.807) is 0 Å². The lowest BCUT2D eigenvalue weighted by Crippen LogP contribution is -2.47. The maximum Gasteiger partial charge on any atom is 0.302 e. The summed E-state index contributed by atoms with van der Waals surface area (Å²) in [5.74, 6) is -0.333. The van der Waals surface area contributed by atoms with Gasteiger partial charge in [-0.25, -0.2) is 8.42 Å². The van der Waals surface area contributed by atoms with Crippen LogP contribution in [0.5, 0.6) is 0 Å². The average molecular weight is 250 g/mol. The topological polar surface area (TPSA) is 75.7 Å². The van der Waals surface area contributed by atoms with Crippen LogP contribution in [-0.2, 0) is 19.6 Å². The van der Waals surface area contributed by atoms with E-state index >= 15 is 0 Å². The van der Waals surface area contributed by atoms with Crippen molar-refractivity contribution in [1.29, 1.82) is 0 Å². The quantitative estimate of drug-likeness (QED) is 0.509. The van der Waals surface area contributed by atoms with Crippen LogP contribution < -0.4 is 5.32 Å². The zero-order valence-corrected chi connectivity index (χ0v) is 10.3. The van der Waals surface area contributed by atoms with Gasteiger partial charge in [0.15, 0.2) is 0 Å². The summed E-state index contributed by atoms with van der Waals surface area (Å²) in [7, 11) is -3.18. The van der Waals surface area contributed by atoms with Gasteiger partial charge in [-0.1, -0.05) is 0 Å². The maximum absolute atomic E-state index is 11.8. The third kappa shape index (κ3) is 4.46. The lowest BCUT2D eigenvalue weighted by Gasteiger charge is -2.26. The van der Waals surface area contributed by atoms with Crippen LogP contribution in [-0.4, -0.2) is 57.2 Å². The molecule has 0 radical (unpaired) electrons. The van der Waals surface area contributed by atoms with Crippen molar-refractivity contribution in [2.45, 2.75) is 13.3 Å². The van der Waals surface area contributed by atoms with Gasteiger partial charge in [-0.15, -0.1) is 0 Å². The van der Waals surface area contributed by atoms with Crippen LogP contribution in [0.2, 0.25) is 0 Å². The van der Waals surface area contributed by atoms with Gasteiger partial charge in [-0.05, 0) is 6.42 Å². The van der Waals surface area contributed by atoms with E-state index in [4.69, 9.17) is 4.74 Å². The number of nitrogens with zero attached hydrogens (tertiary/aromatic N) is 1. The molecule has 0 amide bonds. The van der Waals surface area contributed by atoms with Crippen molar-refractivity contribution in [3.05, 3.63) is 0 Å². The van der Waals surface area contributed by atoms with Gasteiger partial charge in [0.05, 0.1) is 12.4 Å². The van der Waals surface area contributed by atoms with E-state index in [0.717, 1.165) is 0 Å². The summed E-state index contributed by atoms with van der Waals surface area (Å²) in [5.41, 5.74) is 0. The van der Waals surface area contributed by atoms with E-state index in [9.17, 15) is 13.2 Å². The Hall–Kier alpha value is -0.660. The predicted octanol–water partition coefficient (Wildman–Crippen LogP) is -0.825. The van der Waals surface area contributed by atoms with Gasteiger partial charge in [0.1, 0.15) is 0 Å². The summed E-state index contributed by atoms with van der Waals surface area (Å²) in [4.78, 5) is 10.5. The van der Waals surface area contributed by atoms with Gasteiger partial charge in [-0.3, -0.25) is 4.79 Å². The number of sulfonamides is 1. The van der Waals surface area contributed by atoms with Crippen molar-refractivity contribution in [3.8, 4) is 0 Å². The highest BCUT2D eigenvalue weighted by Crippen LogP contribution is 2.04. The normalized spacial score (nSPS) is 18.3. The number of esters is 1. The summed E-state index contributed by atoms with van der Waals surface area (Å²) >= 11 is 0. The van der Waals surface area contributed by atoms with Gasteiger partial charge in [-0.2, -0.15) is 4.31 Å². The summed E-state index contributed by atoms with van der Waals surface area (Å²) in [5, 5.41) is 3.09. The van der Waals surface area contributed by atoms with E-state index in [0.29, 0.717) is 32.6 Å². The molecule has 0 atom stereocenters. The van der Waals surface area contributed by atoms with Crippen LogP contribution in [0, 0.1) is 0 Å². The number of nitrogens with one attached hydrogen (secondary N) is 1. The molecule has 1 heterocycles. The Balaban J connectivity index is 2.30. The second kappa shape index (κ2) is 6.17. The molecule has 1 saturated heterocycles. The molecule has 0 aromatic heterocycles. The predicted molar refractivity (Wildman–Crippen MR) is 59.5 cm³/mol. The highest BCUT2D eigenvalue weighted by atomic mass is 32.2. The zero-order chi connectivity index (χ0) is 12.0. The largest absolute Gasteiger partial charge is 0.466 e. The molecule has 1 rings (SSSR count). The molecule has 1 aliphatic rings. The van der Waals surface area contributed by atoms with Gasteiger partial charge in [0.25, 0.3) is 0 Å². The molecule has 94 valence electrons. The van der Waals surface area contributed by atoms with Crippen LogP contribution >= 0.6 is 0 Å². The van der Waals surface area contributed by atoms with Crippen LogP contribution in [0.15, 0.2) is 0 Å².